The van der Waals surface area contributed by atoms with Crippen molar-refractivity contribution in [1.82, 2.24) is 14.7 Å². The number of hydrogen-bond acceptors (Lipinski definition) is 3. The zero-order chi connectivity index (χ0) is 19.7. The molecule has 2 unspecified atom stereocenters. The number of likely N-dealkylation sites (tertiary alicyclic amines) is 1. The number of aryl methyl sites for hydroxylation is 1. The molecule has 0 N–H and O–H groups in total. The summed E-state index contributed by atoms with van der Waals surface area (Å²) in [6.07, 6.45) is 4.93. The number of carbonyl (C=O) groups excluding carboxylic acids is 2. The van der Waals surface area contributed by atoms with E-state index in [0.29, 0.717) is 12.8 Å². The van der Waals surface area contributed by atoms with Gasteiger partial charge in [0.15, 0.2) is 0 Å². The molecule has 2 saturated heterocycles. The summed E-state index contributed by atoms with van der Waals surface area (Å²) in [5.74, 6) is 1.13. The van der Waals surface area contributed by atoms with Gasteiger partial charge < -0.3 is 14.7 Å². The fourth-order valence-electron chi connectivity index (χ4n) is 4.79. The van der Waals surface area contributed by atoms with Gasteiger partial charge in [-0.2, -0.15) is 0 Å². The first-order valence-electron chi connectivity index (χ1n) is 10.9. The molecule has 2 amide bonds. The van der Waals surface area contributed by atoms with Crippen molar-refractivity contribution in [3.63, 3.8) is 0 Å². The Labute approximate surface area is 168 Å². The molecule has 152 valence electrons. The van der Waals surface area contributed by atoms with Crippen LogP contribution in [-0.2, 0) is 9.59 Å². The van der Waals surface area contributed by atoms with E-state index in [1.165, 1.54) is 24.9 Å². The minimum absolute atomic E-state index is 0.139. The van der Waals surface area contributed by atoms with Crippen molar-refractivity contribution < 1.29 is 9.59 Å². The van der Waals surface area contributed by atoms with Crippen LogP contribution in [0.1, 0.15) is 49.3 Å². The average molecular weight is 384 g/mol. The molecule has 0 bridgehead atoms. The van der Waals surface area contributed by atoms with Crippen LogP contribution in [0.3, 0.4) is 0 Å². The van der Waals surface area contributed by atoms with Crippen LogP contribution < -0.4 is 0 Å². The molecule has 2 aliphatic heterocycles. The highest BCUT2D eigenvalue weighted by Crippen LogP contribution is 2.37. The van der Waals surface area contributed by atoms with E-state index in [-0.39, 0.29) is 23.8 Å². The molecule has 5 heteroatoms. The molecular weight excluding hydrogens is 350 g/mol. The first-order chi connectivity index (χ1) is 13.5. The Kier molecular flexibility index (Phi) is 5.72. The second-order valence-corrected chi connectivity index (χ2v) is 8.93. The van der Waals surface area contributed by atoms with E-state index in [2.05, 4.69) is 41.0 Å². The maximum absolute atomic E-state index is 13.5. The van der Waals surface area contributed by atoms with Gasteiger partial charge in [0, 0.05) is 39.6 Å². The summed E-state index contributed by atoms with van der Waals surface area (Å²) in [6.45, 7) is 7.01. The van der Waals surface area contributed by atoms with Crippen LogP contribution in [-0.4, -0.2) is 66.3 Å². The summed E-state index contributed by atoms with van der Waals surface area (Å²) in [5.41, 5.74) is 2.27. The quantitative estimate of drug-likeness (QED) is 0.803. The Bertz CT molecular complexity index is 713. The molecule has 2 atom stereocenters. The Morgan fingerprint density at radius 3 is 2.50 bits per heavy atom. The van der Waals surface area contributed by atoms with E-state index in [9.17, 15) is 9.59 Å². The van der Waals surface area contributed by atoms with E-state index < -0.39 is 0 Å². The van der Waals surface area contributed by atoms with E-state index in [1.54, 1.807) is 4.90 Å². The van der Waals surface area contributed by atoms with Crippen molar-refractivity contribution in [2.24, 2.45) is 11.8 Å². The van der Waals surface area contributed by atoms with Crippen LogP contribution in [0, 0.1) is 18.8 Å². The lowest BCUT2D eigenvalue weighted by Gasteiger charge is -2.40. The molecule has 1 aromatic carbocycles. The molecular formula is C23H33N3O2. The largest absolute Gasteiger partial charge is 0.341 e. The van der Waals surface area contributed by atoms with Gasteiger partial charge in [-0.15, -0.1) is 0 Å². The van der Waals surface area contributed by atoms with Crippen molar-refractivity contribution in [3.05, 3.63) is 35.4 Å². The summed E-state index contributed by atoms with van der Waals surface area (Å²) in [4.78, 5) is 32.3. The van der Waals surface area contributed by atoms with E-state index in [0.717, 1.165) is 44.1 Å². The summed E-state index contributed by atoms with van der Waals surface area (Å²) in [7, 11) is 1.85. The molecule has 0 spiro atoms. The van der Waals surface area contributed by atoms with Crippen LogP contribution in [0.25, 0.3) is 0 Å². The Balaban J connectivity index is 1.49. The van der Waals surface area contributed by atoms with Crippen LogP contribution in [0.5, 0.6) is 0 Å². The van der Waals surface area contributed by atoms with E-state index >= 15 is 0 Å². The third-order valence-electron chi connectivity index (χ3n) is 6.71. The number of rotatable bonds is 4. The van der Waals surface area contributed by atoms with Crippen molar-refractivity contribution in [1.29, 1.82) is 0 Å². The number of hydrogen-bond donors (Lipinski definition) is 0. The lowest BCUT2D eigenvalue weighted by atomic mass is 9.83. The van der Waals surface area contributed by atoms with Gasteiger partial charge in [-0.1, -0.05) is 29.8 Å². The maximum Gasteiger partial charge on any atom is 0.228 e. The SMILES string of the molecule is Cc1ccc(C2C(C(=O)N3CCCN(CC4CC4)CC3)CCC(=O)N2C)cc1. The minimum Gasteiger partial charge on any atom is -0.341 e. The molecule has 4 rings (SSSR count). The van der Waals surface area contributed by atoms with E-state index in [4.69, 9.17) is 0 Å². The fourth-order valence-corrected chi connectivity index (χ4v) is 4.79. The van der Waals surface area contributed by atoms with Gasteiger partial charge in [0.2, 0.25) is 11.8 Å². The summed E-state index contributed by atoms with van der Waals surface area (Å²) < 4.78 is 0. The van der Waals surface area contributed by atoms with Gasteiger partial charge in [0.25, 0.3) is 0 Å². The molecule has 5 nitrogen and oxygen atoms in total. The molecule has 0 radical (unpaired) electrons. The number of benzene rings is 1. The lowest BCUT2D eigenvalue weighted by molar-refractivity contribution is -0.146. The van der Waals surface area contributed by atoms with Crippen molar-refractivity contribution >= 4 is 11.8 Å². The van der Waals surface area contributed by atoms with Gasteiger partial charge in [-0.3, -0.25) is 9.59 Å². The molecule has 3 fully saturated rings. The molecule has 3 aliphatic rings. The molecule has 1 aliphatic carbocycles. The van der Waals surface area contributed by atoms with Gasteiger partial charge in [0.1, 0.15) is 0 Å². The lowest BCUT2D eigenvalue weighted by Crippen LogP contribution is -2.48. The Morgan fingerprint density at radius 2 is 1.79 bits per heavy atom. The second kappa shape index (κ2) is 8.24. The predicted molar refractivity (Wildman–Crippen MR) is 110 cm³/mol. The third kappa shape index (κ3) is 4.24. The molecule has 0 aromatic heterocycles. The third-order valence-corrected chi connectivity index (χ3v) is 6.71. The zero-order valence-corrected chi connectivity index (χ0v) is 17.3. The van der Waals surface area contributed by atoms with Crippen LogP contribution >= 0.6 is 0 Å². The first kappa shape index (κ1) is 19.4. The standard InChI is InChI=1S/C23H33N3O2/c1-17-4-8-19(9-5-17)22-20(10-11-21(27)24(22)2)23(28)26-13-3-12-25(14-15-26)16-18-6-7-18/h4-5,8-9,18,20,22H,3,6-7,10-16H2,1-2H3. The van der Waals surface area contributed by atoms with Gasteiger partial charge in [0.05, 0.1) is 12.0 Å². The number of carbonyl (C=O) groups is 2. The second-order valence-electron chi connectivity index (χ2n) is 8.93. The molecule has 28 heavy (non-hydrogen) atoms. The first-order valence-corrected chi connectivity index (χ1v) is 10.9. The average Bonchev–Trinajstić information content (AvgIpc) is 3.52. The number of amides is 2. The predicted octanol–water partition coefficient (Wildman–Crippen LogP) is 2.85. The number of nitrogens with zero attached hydrogens (tertiary/aromatic N) is 3. The van der Waals surface area contributed by atoms with Crippen LogP contribution in [0.2, 0.25) is 0 Å². The van der Waals surface area contributed by atoms with Crippen molar-refractivity contribution in [2.75, 3.05) is 39.8 Å². The topological polar surface area (TPSA) is 43.9 Å². The van der Waals surface area contributed by atoms with Gasteiger partial charge >= 0.3 is 0 Å². The summed E-state index contributed by atoms with van der Waals surface area (Å²) in [5, 5.41) is 0. The monoisotopic (exact) mass is 383 g/mol. The number of piperidine rings is 1. The van der Waals surface area contributed by atoms with Gasteiger partial charge in [-0.05, 0) is 50.6 Å². The Hall–Kier alpha value is -1.88. The van der Waals surface area contributed by atoms with Crippen LogP contribution in [0.4, 0.5) is 0 Å². The molecule has 2 heterocycles. The smallest absolute Gasteiger partial charge is 0.228 e. The highest BCUT2D eigenvalue weighted by atomic mass is 16.2. The Morgan fingerprint density at radius 1 is 1.04 bits per heavy atom. The zero-order valence-electron chi connectivity index (χ0n) is 17.3. The summed E-state index contributed by atoms with van der Waals surface area (Å²) >= 11 is 0. The van der Waals surface area contributed by atoms with Crippen LogP contribution in [0.15, 0.2) is 24.3 Å². The van der Waals surface area contributed by atoms with Crippen molar-refractivity contribution in [3.8, 4) is 0 Å². The highest BCUT2D eigenvalue weighted by molar-refractivity contribution is 5.85. The van der Waals surface area contributed by atoms with E-state index in [1.807, 2.05) is 7.05 Å². The summed E-state index contributed by atoms with van der Waals surface area (Å²) in [6, 6.07) is 8.15. The van der Waals surface area contributed by atoms with Gasteiger partial charge in [-0.25, -0.2) is 0 Å². The fraction of sp³-hybridized carbons (Fsp3) is 0.652. The molecule has 1 aromatic rings. The van der Waals surface area contributed by atoms with Crippen molar-refractivity contribution in [2.45, 2.75) is 45.1 Å². The minimum atomic E-state index is -0.153. The normalized spacial score (nSPS) is 27.0. The highest BCUT2D eigenvalue weighted by Gasteiger charge is 2.40. The molecule has 1 saturated carbocycles. The maximum atomic E-state index is 13.5.